The molecule has 3 fully saturated rings. The summed E-state index contributed by atoms with van der Waals surface area (Å²) < 4.78 is 8.39. The van der Waals surface area contributed by atoms with Crippen LogP contribution in [0.3, 0.4) is 0 Å². The maximum atomic E-state index is 13.4. The molecule has 3 aliphatic heterocycles. The third-order valence-corrected chi connectivity index (χ3v) is 7.67. The van der Waals surface area contributed by atoms with Crippen molar-refractivity contribution in [3.05, 3.63) is 42.2 Å². The average Bonchev–Trinajstić information content (AvgIpc) is 3.57. The van der Waals surface area contributed by atoms with E-state index in [1.54, 1.807) is 0 Å². The van der Waals surface area contributed by atoms with Crippen LogP contribution in [-0.4, -0.2) is 50.6 Å². The monoisotopic (exact) mass is 420 g/mol. The summed E-state index contributed by atoms with van der Waals surface area (Å²) in [7, 11) is 0. The van der Waals surface area contributed by atoms with Gasteiger partial charge in [-0.15, -0.1) is 0 Å². The number of aromatic nitrogens is 2. The van der Waals surface area contributed by atoms with Crippen molar-refractivity contribution in [2.45, 2.75) is 63.4 Å². The molecule has 2 aromatic rings. The summed E-state index contributed by atoms with van der Waals surface area (Å²) in [6, 6.07) is 8.30. The molecular weight excluding hydrogens is 392 g/mol. The Bertz CT molecular complexity index is 1090. The third-order valence-electron chi connectivity index (χ3n) is 7.67. The Hall–Kier alpha value is -2.67. The summed E-state index contributed by atoms with van der Waals surface area (Å²) in [5, 5.41) is 3.07. The van der Waals surface area contributed by atoms with Gasteiger partial charge in [0.15, 0.2) is 0 Å². The molecule has 7 nitrogen and oxygen atoms in total. The van der Waals surface area contributed by atoms with Crippen LogP contribution in [0, 0.1) is 11.8 Å². The number of hydrogen-bond acceptors (Lipinski definition) is 4. The van der Waals surface area contributed by atoms with Crippen LogP contribution in [0.2, 0.25) is 0 Å². The zero-order valence-corrected chi connectivity index (χ0v) is 17.8. The van der Waals surface area contributed by atoms with Gasteiger partial charge < -0.3 is 19.5 Å². The Morgan fingerprint density at radius 3 is 2.90 bits per heavy atom. The normalized spacial score (nSPS) is 31.8. The first-order valence-corrected chi connectivity index (χ1v) is 11.5. The van der Waals surface area contributed by atoms with E-state index in [1.807, 2.05) is 41.3 Å². The zero-order valence-electron chi connectivity index (χ0n) is 17.8. The number of nitrogens with zero attached hydrogens (tertiary/aromatic N) is 3. The van der Waals surface area contributed by atoms with E-state index in [1.165, 1.54) is 12.8 Å². The predicted molar refractivity (Wildman–Crippen MR) is 115 cm³/mol. The quantitative estimate of drug-likeness (QED) is 0.754. The Labute approximate surface area is 181 Å². The van der Waals surface area contributed by atoms with E-state index in [0.717, 1.165) is 36.2 Å². The molecule has 1 N–H and O–H groups in total. The molecule has 4 heterocycles. The fraction of sp³-hybridized carbons (Fsp3) is 0.542. The number of hydrogen-bond donors (Lipinski definition) is 1. The highest BCUT2D eigenvalue weighted by Crippen LogP contribution is 2.53. The van der Waals surface area contributed by atoms with E-state index in [4.69, 9.17) is 9.72 Å². The minimum absolute atomic E-state index is 0.0969. The van der Waals surface area contributed by atoms with Crippen LogP contribution in [0.5, 0.6) is 0 Å². The lowest BCUT2D eigenvalue weighted by Gasteiger charge is -2.27. The lowest BCUT2D eigenvalue weighted by molar-refractivity contribution is -0.138. The van der Waals surface area contributed by atoms with Gasteiger partial charge in [-0.25, -0.2) is 4.98 Å². The molecule has 2 saturated heterocycles. The van der Waals surface area contributed by atoms with Crippen molar-refractivity contribution in [1.29, 1.82) is 0 Å². The first-order valence-electron chi connectivity index (χ1n) is 11.5. The first kappa shape index (κ1) is 19.0. The molecule has 1 aliphatic carbocycles. The Balaban J connectivity index is 1.22. The van der Waals surface area contributed by atoms with E-state index >= 15 is 0 Å². The molecule has 0 radical (unpaired) electrons. The van der Waals surface area contributed by atoms with Gasteiger partial charge in [-0.3, -0.25) is 9.59 Å². The molecule has 7 heteroatoms. The number of imidazole rings is 1. The van der Waals surface area contributed by atoms with Gasteiger partial charge in [0.2, 0.25) is 11.8 Å². The average molecular weight is 421 g/mol. The van der Waals surface area contributed by atoms with Crippen LogP contribution in [0.25, 0.3) is 11.0 Å². The van der Waals surface area contributed by atoms with E-state index in [-0.39, 0.29) is 17.9 Å². The van der Waals surface area contributed by atoms with Crippen LogP contribution < -0.4 is 5.32 Å². The summed E-state index contributed by atoms with van der Waals surface area (Å²) in [5.74, 6) is -0.0644. The second-order valence-electron chi connectivity index (χ2n) is 9.28. The molecule has 2 bridgehead atoms. The maximum Gasteiger partial charge on any atom is 0.230 e. The molecule has 1 aromatic heterocycles. The largest absolute Gasteiger partial charge is 0.360 e. The Kier molecular flexibility index (Phi) is 4.25. The van der Waals surface area contributed by atoms with Crippen molar-refractivity contribution >= 4 is 22.8 Å². The van der Waals surface area contributed by atoms with Gasteiger partial charge >= 0.3 is 0 Å². The molecule has 31 heavy (non-hydrogen) atoms. The van der Waals surface area contributed by atoms with Crippen LogP contribution in [-0.2, 0) is 27.4 Å². The van der Waals surface area contributed by atoms with Crippen LogP contribution in [0.4, 0.5) is 0 Å². The van der Waals surface area contributed by atoms with Gasteiger partial charge in [-0.05, 0) is 31.9 Å². The number of carbonyl (C=O) groups excluding carboxylic acids is 2. The molecule has 1 spiro atoms. The molecular formula is C24H28N4O3. The minimum Gasteiger partial charge on any atom is -0.360 e. The Morgan fingerprint density at radius 1 is 1.29 bits per heavy atom. The SMILES string of the molecule is CCn1c(CNC(=O)[C@H]2[C@H]3C(=O)N(C4CCCC4)C[C@@]34C=C[C@H]2O4)nc2ccccc21. The number of benzene rings is 1. The molecule has 162 valence electrons. The predicted octanol–water partition coefficient (Wildman–Crippen LogP) is 2.40. The fourth-order valence-electron chi connectivity index (χ4n) is 6.25. The molecule has 6 rings (SSSR count). The minimum atomic E-state index is -0.622. The number of amides is 2. The summed E-state index contributed by atoms with van der Waals surface area (Å²) >= 11 is 0. The topological polar surface area (TPSA) is 76.5 Å². The van der Waals surface area contributed by atoms with Gasteiger partial charge in [0.05, 0.1) is 42.1 Å². The van der Waals surface area contributed by atoms with Gasteiger partial charge in [0.1, 0.15) is 11.4 Å². The molecule has 2 amide bonds. The number of carbonyl (C=O) groups is 2. The van der Waals surface area contributed by atoms with Crippen molar-refractivity contribution in [3.63, 3.8) is 0 Å². The molecule has 1 saturated carbocycles. The van der Waals surface area contributed by atoms with Gasteiger partial charge in [-0.1, -0.05) is 37.1 Å². The molecule has 1 aromatic carbocycles. The highest BCUT2D eigenvalue weighted by molar-refractivity contribution is 5.93. The zero-order chi connectivity index (χ0) is 21.2. The highest BCUT2D eigenvalue weighted by Gasteiger charge is 2.67. The third kappa shape index (κ3) is 2.72. The number of para-hydroxylation sites is 2. The van der Waals surface area contributed by atoms with Crippen LogP contribution in [0.1, 0.15) is 38.4 Å². The van der Waals surface area contributed by atoms with Crippen LogP contribution >= 0.6 is 0 Å². The highest BCUT2D eigenvalue weighted by atomic mass is 16.5. The summed E-state index contributed by atoms with van der Waals surface area (Å²) in [5.41, 5.74) is 1.37. The summed E-state index contributed by atoms with van der Waals surface area (Å²) in [6.45, 7) is 3.79. The molecule has 4 atom stereocenters. The van der Waals surface area contributed by atoms with E-state index in [2.05, 4.69) is 16.8 Å². The number of likely N-dealkylation sites (tertiary alicyclic amines) is 1. The summed E-state index contributed by atoms with van der Waals surface area (Å²) in [6.07, 6.45) is 8.17. The fourth-order valence-corrected chi connectivity index (χ4v) is 6.25. The van der Waals surface area contributed by atoms with Crippen molar-refractivity contribution in [2.24, 2.45) is 11.8 Å². The van der Waals surface area contributed by atoms with Crippen molar-refractivity contribution in [2.75, 3.05) is 6.54 Å². The van der Waals surface area contributed by atoms with E-state index in [0.29, 0.717) is 19.1 Å². The smallest absolute Gasteiger partial charge is 0.230 e. The van der Waals surface area contributed by atoms with E-state index < -0.39 is 17.4 Å². The van der Waals surface area contributed by atoms with Crippen molar-refractivity contribution in [1.82, 2.24) is 19.8 Å². The lowest BCUT2D eigenvalue weighted by Crippen LogP contribution is -2.44. The standard InChI is InChI=1S/C24H28N4O3/c1-2-27-17-10-6-5-9-16(17)26-19(27)13-25-22(29)20-18-11-12-24(31-18)14-28(23(30)21(20)24)15-7-3-4-8-15/h5-6,9-12,15,18,20-21H,2-4,7-8,13-14H2,1H3,(H,25,29)/t18-,20-,21+,24+/m1/s1. The van der Waals surface area contributed by atoms with Crippen LogP contribution in [0.15, 0.2) is 36.4 Å². The van der Waals surface area contributed by atoms with Crippen molar-refractivity contribution < 1.29 is 14.3 Å². The number of fused-ring (bicyclic) bond motifs is 2. The first-order chi connectivity index (χ1) is 15.1. The maximum absolute atomic E-state index is 13.4. The van der Waals surface area contributed by atoms with Gasteiger partial charge in [0, 0.05) is 12.6 Å². The van der Waals surface area contributed by atoms with Crippen molar-refractivity contribution in [3.8, 4) is 0 Å². The lowest BCUT2D eigenvalue weighted by atomic mass is 9.77. The number of aryl methyl sites for hydroxylation is 1. The number of nitrogens with one attached hydrogen (secondary N) is 1. The van der Waals surface area contributed by atoms with E-state index in [9.17, 15) is 9.59 Å². The summed E-state index contributed by atoms with van der Waals surface area (Å²) in [4.78, 5) is 33.4. The molecule has 4 aliphatic rings. The second kappa shape index (κ2) is 6.92. The van der Waals surface area contributed by atoms with Gasteiger partial charge in [0.25, 0.3) is 0 Å². The second-order valence-corrected chi connectivity index (χ2v) is 9.28. The number of rotatable bonds is 5. The molecule has 0 unspecified atom stereocenters. The van der Waals surface area contributed by atoms with Gasteiger partial charge in [-0.2, -0.15) is 0 Å². The number of ether oxygens (including phenoxy) is 1. The Morgan fingerprint density at radius 2 is 2.10 bits per heavy atom.